The summed E-state index contributed by atoms with van der Waals surface area (Å²) in [6.45, 7) is 4.84. The fourth-order valence-corrected chi connectivity index (χ4v) is 3.18. The second-order valence-electron chi connectivity index (χ2n) is 7.88. The number of aliphatic hydroxyl groups excluding tert-OH is 1. The molecule has 0 radical (unpaired) electrons. The molecule has 0 aromatic heterocycles. The molecule has 0 spiro atoms. The summed E-state index contributed by atoms with van der Waals surface area (Å²) in [6.07, 6.45) is 0.380. The Labute approximate surface area is 191 Å². The predicted octanol–water partition coefficient (Wildman–Crippen LogP) is -2.09. The average molecular weight is 478 g/mol. The number of amides is 4. The fraction of sp³-hybridized carbons (Fsp3) is 0.737. The number of nitrogens with one attached hydrogen (secondary N) is 3. The molecule has 4 amide bonds. The van der Waals surface area contributed by atoms with E-state index in [0.29, 0.717) is 5.75 Å². The summed E-state index contributed by atoms with van der Waals surface area (Å²) in [7, 11) is 0. The van der Waals surface area contributed by atoms with Crippen LogP contribution < -0.4 is 27.4 Å². The molecule has 0 rings (SSSR count). The molecule has 12 nitrogen and oxygen atoms in total. The molecule has 0 fully saturated rings. The number of carboxylic acids is 1. The normalized spacial score (nSPS) is 15.7. The van der Waals surface area contributed by atoms with E-state index in [9.17, 15) is 34.2 Å². The lowest BCUT2D eigenvalue weighted by molar-refractivity contribution is -0.143. The van der Waals surface area contributed by atoms with Crippen molar-refractivity contribution in [2.75, 3.05) is 12.0 Å². The molecule has 0 aromatic rings. The van der Waals surface area contributed by atoms with E-state index in [-0.39, 0.29) is 18.8 Å². The molecule has 184 valence electrons. The summed E-state index contributed by atoms with van der Waals surface area (Å²) in [4.78, 5) is 60.0. The Kier molecular flexibility index (Phi) is 13.5. The summed E-state index contributed by atoms with van der Waals surface area (Å²) < 4.78 is 0. The maximum atomic E-state index is 12.8. The molecule has 0 saturated heterocycles. The van der Waals surface area contributed by atoms with Crippen LogP contribution in [-0.4, -0.2) is 82.1 Å². The zero-order valence-corrected chi connectivity index (χ0v) is 19.6. The van der Waals surface area contributed by atoms with Crippen LogP contribution in [0.3, 0.4) is 0 Å². The number of primary amides is 1. The van der Waals surface area contributed by atoms with Crippen LogP contribution in [0, 0.1) is 5.92 Å². The molecule has 0 heterocycles. The Morgan fingerprint density at radius 1 is 0.938 bits per heavy atom. The van der Waals surface area contributed by atoms with Gasteiger partial charge in [-0.2, -0.15) is 11.8 Å². The summed E-state index contributed by atoms with van der Waals surface area (Å²) in [5, 5.41) is 26.4. The van der Waals surface area contributed by atoms with Crippen LogP contribution in [0.5, 0.6) is 0 Å². The van der Waals surface area contributed by atoms with Gasteiger partial charge in [0.2, 0.25) is 23.6 Å². The first-order valence-electron chi connectivity index (χ1n) is 10.1. The van der Waals surface area contributed by atoms with Crippen molar-refractivity contribution in [3.8, 4) is 0 Å². The van der Waals surface area contributed by atoms with Gasteiger partial charge in [0.15, 0.2) is 0 Å². The van der Waals surface area contributed by atoms with Crippen LogP contribution in [0.2, 0.25) is 0 Å². The molecule has 0 bridgehead atoms. The number of carbonyl (C=O) groups is 5. The van der Waals surface area contributed by atoms with Gasteiger partial charge in [0.1, 0.15) is 18.1 Å². The monoisotopic (exact) mass is 477 g/mol. The van der Waals surface area contributed by atoms with Gasteiger partial charge in [0, 0.05) is 0 Å². The van der Waals surface area contributed by atoms with E-state index < -0.39 is 66.3 Å². The van der Waals surface area contributed by atoms with Crippen molar-refractivity contribution >= 4 is 41.4 Å². The minimum absolute atomic E-state index is 0.0215. The third-order valence-electron chi connectivity index (χ3n) is 4.39. The summed E-state index contributed by atoms with van der Waals surface area (Å²) >= 11 is 1.41. The van der Waals surface area contributed by atoms with Gasteiger partial charge in [-0.1, -0.05) is 13.8 Å². The quantitative estimate of drug-likeness (QED) is 0.137. The van der Waals surface area contributed by atoms with Gasteiger partial charge < -0.3 is 37.6 Å². The Bertz CT molecular complexity index is 674. The van der Waals surface area contributed by atoms with Crippen molar-refractivity contribution in [2.45, 2.75) is 70.3 Å². The van der Waals surface area contributed by atoms with Gasteiger partial charge in [0.25, 0.3) is 0 Å². The highest BCUT2D eigenvalue weighted by molar-refractivity contribution is 7.98. The number of aliphatic hydroxyl groups is 1. The van der Waals surface area contributed by atoms with Crippen molar-refractivity contribution in [2.24, 2.45) is 17.4 Å². The molecule has 0 aliphatic heterocycles. The molecular weight excluding hydrogens is 442 g/mol. The maximum Gasteiger partial charge on any atom is 0.326 e. The topological polar surface area (TPSA) is 214 Å². The van der Waals surface area contributed by atoms with Crippen molar-refractivity contribution in [1.29, 1.82) is 0 Å². The lowest BCUT2D eigenvalue weighted by Gasteiger charge is -2.26. The number of hydrogen-bond acceptors (Lipinski definition) is 8. The number of hydrogen-bond donors (Lipinski definition) is 7. The van der Waals surface area contributed by atoms with E-state index in [1.165, 1.54) is 18.7 Å². The molecule has 5 unspecified atom stereocenters. The van der Waals surface area contributed by atoms with E-state index in [1.807, 2.05) is 0 Å². The lowest BCUT2D eigenvalue weighted by atomic mass is 10.0. The van der Waals surface area contributed by atoms with Crippen LogP contribution in [-0.2, 0) is 24.0 Å². The first-order chi connectivity index (χ1) is 14.8. The third kappa shape index (κ3) is 11.3. The van der Waals surface area contributed by atoms with Gasteiger partial charge in [-0.05, 0) is 37.7 Å². The smallest absolute Gasteiger partial charge is 0.326 e. The van der Waals surface area contributed by atoms with E-state index in [2.05, 4.69) is 16.0 Å². The minimum atomic E-state index is -1.45. The van der Waals surface area contributed by atoms with Gasteiger partial charge in [-0.25, -0.2) is 4.79 Å². The molecule has 32 heavy (non-hydrogen) atoms. The molecular formula is C19H35N5O7S. The zero-order chi connectivity index (χ0) is 25.0. The number of rotatable bonds is 15. The van der Waals surface area contributed by atoms with Crippen LogP contribution >= 0.6 is 11.8 Å². The number of aliphatic carboxylic acids is 1. The number of carboxylic acid groups (broad SMARTS) is 1. The van der Waals surface area contributed by atoms with Crippen LogP contribution in [0.4, 0.5) is 0 Å². The Morgan fingerprint density at radius 2 is 1.50 bits per heavy atom. The molecule has 13 heteroatoms. The first kappa shape index (κ1) is 29.6. The molecule has 0 aliphatic carbocycles. The van der Waals surface area contributed by atoms with Gasteiger partial charge in [-0.3, -0.25) is 19.2 Å². The third-order valence-corrected chi connectivity index (χ3v) is 5.03. The standard InChI is InChI=1S/C19H35N5O7S/c1-9(2)7-13(19(30)31)23-18(29)15(10(3)25)24-17(28)12(5-6-32-4)22-16(27)11(20)8-14(21)26/h9-13,15,25H,5-8,20H2,1-4H3,(H2,21,26)(H,22,27)(H,23,29)(H,24,28)(H,30,31). The van der Waals surface area contributed by atoms with Crippen molar-refractivity contribution < 1.29 is 34.2 Å². The van der Waals surface area contributed by atoms with Gasteiger partial charge in [0.05, 0.1) is 18.6 Å². The number of nitrogens with two attached hydrogens (primary N) is 2. The second-order valence-corrected chi connectivity index (χ2v) is 8.86. The zero-order valence-electron chi connectivity index (χ0n) is 18.8. The largest absolute Gasteiger partial charge is 0.480 e. The van der Waals surface area contributed by atoms with E-state index in [4.69, 9.17) is 11.5 Å². The summed E-state index contributed by atoms with van der Waals surface area (Å²) in [5.74, 6) is -3.98. The number of thioether (sulfide) groups is 1. The Morgan fingerprint density at radius 3 is 1.94 bits per heavy atom. The van der Waals surface area contributed by atoms with Crippen molar-refractivity contribution in [3.05, 3.63) is 0 Å². The second kappa shape index (κ2) is 14.6. The highest BCUT2D eigenvalue weighted by atomic mass is 32.2. The van der Waals surface area contributed by atoms with E-state index >= 15 is 0 Å². The van der Waals surface area contributed by atoms with Crippen LogP contribution in [0.25, 0.3) is 0 Å². The molecule has 0 aromatic carbocycles. The Hall–Kier alpha value is -2.38. The first-order valence-corrected chi connectivity index (χ1v) is 11.5. The maximum absolute atomic E-state index is 12.8. The summed E-state index contributed by atoms with van der Waals surface area (Å²) in [6, 6.07) is -5.00. The molecule has 0 aliphatic rings. The van der Waals surface area contributed by atoms with Crippen molar-refractivity contribution in [1.82, 2.24) is 16.0 Å². The average Bonchev–Trinajstić information content (AvgIpc) is 2.66. The highest BCUT2D eigenvalue weighted by Crippen LogP contribution is 2.07. The molecule has 9 N–H and O–H groups in total. The SMILES string of the molecule is CSCCC(NC(=O)C(N)CC(N)=O)C(=O)NC(C(=O)NC(CC(C)C)C(=O)O)C(C)O. The highest BCUT2D eigenvalue weighted by Gasteiger charge is 2.32. The summed E-state index contributed by atoms with van der Waals surface area (Å²) in [5.41, 5.74) is 10.6. The van der Waals surface area contributed by atoms with Crippen LogP contribution in [0.1, 0.15) is 40.0 Å². The van der Waals surface area contributed by atoms with Crippen LogP contribution in [0.15, 0.2) is 0 Å². The Balaban J connectivity index is 5.38. The molecule has 0 saturated carbocycles. The van der Waals surface area contributed by atoms with Gasteiger partial charge in [-0.15, -0.1) is 0 Å². The van der Waals surface area contributed by atoms with E-state index in [1.54, 1.807) is 20.1 Å². The minimum Gasteiger partial charge on any atom is -0.480 e. The molecule has 5 atom stereocenters. The predicted molar refractivity (Wildman–Crippen MR) is 119 cm³/mol. The number of carbonyl (C=O) groups excluding carboxylic acids is 4. The van der Waals surface area contributed by atoms with Crippen molar-refractivity contribution in [3.63, 3.8) is 0 Å². The van der Waals surface area contributed by atoms with E-state index in [0.717, 1.165) is 0 Å². The lowest BCUT2D eigenvalue weighted by Crippen LogP contribution is -2.60. The van der Waals surface area contributed by atoms with Gasteiger partial charge >= 0.3 is 5.97 Å². The fourth-order valence-electron chi connectivity index (χ4n) is 2.71.